The van der Waals surface area contributed by atoms with Gasteiger partial charge in [-0.25, -0.2) is 4.39 Å². The number of halogens is 2. The Morgan fingerprint density at radius 2 is 2.29 bits per heavy atom. The molecule has 1 saturated carbocycles. The van der Waals surface area contributed by atoms with Crippen LogP contribution in [-0.2, 0) is 11.3 Å². The first-order valence-corrected chi connectivity index (χ1v) is 7.87. The molecule has 5 heteroatoms. The molecule has 1 N–H and O–H groups in total. The van der Waals surface area contributed by atoms with Gasteiger partial charge in [0.1, 0.15) is 5.82 Å². The van der Waals surface area contributed by atoms with Crippen molar-refractivity contribution >= 4 is 17.5 Å². The van der Waals surface area contributed by atoms with E-state index in [0.29, 0.717) is 22.4 Å². The summed E-state index contributed by atoms with van der Waals surface area (Å²) in [6, 6.07) is 4.48. The van der Waals surface area contributed by atoms with E-state index in [1.54, 1.807) is 24.1 Å². The molecule has 1 saturated heterocycles. The molecule has 1 aliphatic carbocycles. The normalized spacial score (nSPS) is 27.7. The maximum atomic E-state index is 13.8. The molecule has 0 spiro atoms. The van der Waals surface area contributed by atoms with Crippen molar-refractivity contribution in [2.45, 2.75) is 31.8 Å². The Balaban J connectivity index is 1.70. The van der Waals surface area contributed by atoms with Crippen LogP contribution in [0.3, 0.4) is 0 Å². The van der Waals surface area contributed by atoms with Crippen LogP contribution in [0.1, 0.15) is 24.8 Å². The molecule has 0 bridgehead atoms. The molecular formula is C16H20ClFN2O. The second-order valence-electron chi connectivity index (χ2n) is 6.14. The highest BCUT2D eigenvalue weighted by Crippen LogP contribution is 2.38. The predicted octanol–water partition coefficient (Wildman–Crippen LogP) is 2.83. The standard InChI is InChI=1S/C16H20ClFN2O/c1-20(9-12-13(17)6-3-7-14(12)18)16(21)15-11-5-2-4-10(11)8-19-15/h3,6-7,10-11,15,19H,2,4-5,8-9H2,1H3. The van der Waals surface area contributed by atoms with Crippen molar-refractivity contribution in [2.24, 2.45) is 11.8 Å². The van der Waals surface area contributed by atoms with E-state index in [0.717, 1.165) is 13.0 Å². The monoisotopic (exact) mass is 310 g/mol. The van der Waals surface area contributed by atoms with E-state index < -0.39 is 0 Å². The SMILES string of the molecule is CN(Cc1c(F)cccc1Cl)C(=O)C1NCC2CCCC21. The topological polar surface area (TPSA) is 32.3 Å². The molecule has 1 heterocycles. The third-order valence-electron chi connectivity index (χ3n) is 4.85. The summed E-state index contributed by atoms with van der Waals surface area (Å²) >= 11 is 6.03. The Labute approximate surface area is 129 Å². The number of fused-ring (bicyclic) bond motifs is 1. The average Bonchev–Trinajstić information content (AvgIpc) is 3.04. The molecule has 3 nitrogen and oxygen atoms in total. The van der Waals surface area contributed by atoms with Crippen molar-refractivity contribution in [3.8, 4) is 0 Å². The predicted molar refractivity (Wildman–Crippen MR) is 80.5 cm³/mol. The van der Waals surface area contributed by atoms with E-state index in [4.69, 9.17) is 11.6 Å². The number of hydrogen-bond donors (Lipinski definition) is 1. The van der Waals surface area contributed by atoms with E-state index in [2.05, 4.69) is 5.32 Å². The maximum Gasteiger partial charge on any atom is 0.240 e. The number of nitrogens with one attached hydrogen (secondary N) is 1. The summed E-state index contributed by atoms with van der Waals surface area (Å²) in [5.74, 6) is 0.754. The summed E-state index contributed by atoms with van der Waals surface area (Å²) in [5, 5.41) is 3.70. The third-order valence-corrected chi connectivity index (χ3v) is 5.20. The van der Waals surface area contributed by atoms with Gasteiger partial charge < -0.3 is 10.2 Å². The van der Waals surface area contributed by atoms with E-state index >= 15 is 0 Å². The zero-order chi connectivity index (χ0) is 15.0. The number of hydrogen-bond acceptors (Lipinski definition) is 2. The summed E-state index contributed by atoms with van der Waals surface area (Å²) in [6.45, 7) is 1.13. The highest BCUT2D eigenvalue weighted by atomic mass is 35.5. The molecule has 3 unspecified atom stereocenters. The Morgan fingerprint density at radius 1 is 1.48 bits per heavy atom. The van der Waals surface area contributed by atoms with Crippen LogP contribution in [0.25, 0.3) is 0 Å². The second-order valence-corrected chi connectivity index (χ2v) is 6.54. The van der Waals surface area contributed by atoms with Gasteiger partial charge in [0.2, 0.25) is 5.91 Å². The second kappa shape index (κ2) is 5.93. The Kier molecular flexibility index (Phi) is 4.18. The van der Waals surface area contributed by atoms with Crippen molar-refractivity contribution in [3.63, 3.8) is 0 Å². The molecule has 2 aliphatic rings. The fourth-order valence-corrected chi connectivity index (χ4v) is 3.92. The van der Waals surface area contributed by atoms with Crippen LogP contribution in [0, 0.1) is 17.7 Å². The molecule has 114 valence electrons. The summed E-state index contributed by atoms with van der Waals surface area (Å²) in [7, 11) is 1.72. The van der Waals surface area contributed by atoms with Gasteiger partial charge in [-0.1, -0.05) is 24.1 Å². The van der Waals surface area contributed by atoms with Gasteiger partial charge in [0, 0.05) is 24.2 Å². The van der Waals surface area contributed by atoms with E-state index in [-0.39, 0.29) is 24.3 Å². The minimum atomic E-state index is -0.361. The minimum Gasteiger partial charge on any atom is -0.340 e. The number of carbonyl (C=O) groups excluding carboxylic acids is 1. The molecule has 1 amide bonds. The smallest absolute Gasteiger partial charge is 0.240 e. The molecule has 1 aliphatic heterocycles. The number of nitrogens with zero attached hydrogens (tertiary/aromatic N) is 1. The summed E-state index contributed by atoms with van der Waals surface area (Å²) < 4.78 is 13.8. The molecule has 0 aromatic heterocycles. The van der Waals surface area contributed by atoms with Crippen LogP contribution in [0.2, 0.25) is 5.02 Å². The van der Waals surface area contributed by atoms with Crippen molar-refractivity contribution < 1.29 is 9.18 Å². The number of rotatable bonds is 3. The van der Waals surface area contributed by atoms with Crippen molar-refractivity contribution in [1.82, 2.24) is 10.2 Å². The lowest BCUT2D eigenvalue weighted by Gasteiger charge is -2.25. The highest BCUT2D eigenvalue weighted by molar-refractivity contribution is 6.31. The Hall–Kier alpha value is -1.13. The van der Waals surface area contributed by atoms with Gasteiger partial charge in [-0.2, -0.15) is 0 Å². The molecule has 3 atom stereocenters. The van der Waals surface area contributed by atoms with Gasteiger partial charge in [0.15, 0.2) is 0 Å². The molecule has 0 radical (unpaired) electrons. The van der Waals surface area contributed by atoms with E-state index in [9.17, 15) is 9.18 Å². The highest BCUT2D eigenvalue weighted by Gasteiger charge is 2.43. The molecule has 3 rings (SSSR count). The molecule has 1 aromatic rings. The van der Waals surface area contributed by atoms with Crippen LogP contribution in [0.5, 0.6) is 0 Å². The first kappa shape index (κ1) is 14.8. The average molecular weight is 311 g/mol. The van der Waals surface area contributed by atoms with Crippen molar-refractivity contribution in [1.29, 1.82) is 0 Å². The summed E-state index contributed by atoms with van der Waals surface area (Å²) in [4.78, 5) is 14.2. The van der Waals surface area contributed by atoms with Gasteiger partial charge in [-0.15, -0.1) is 0 Å². The number of carbonyl (C=O) groups is 1. The first-order valence-electron chi connectivity index (χ1n) is 7.49. The van der Waals surface area contributed by atoms with Crippen molar-refractivity contribution in [2.75, 3.05) is 13.6 Å². The summed E-state index contributed by atoms with van der Waals surface area (Å²) in [5.41, 5.74) is 0.385. The number of benzene rings is 1. The third kappa shape index (κ3) is 2.79. The lowest BCUT2D eigenvalue weighted by molar-refractivity contribution is -0.133. The van der Waals surface area contributed by atoms with Crippen LogP contribution >= 0.6 is 11.6 Å². The van der Waals surface area contributed by atoms with Gasteiger partial charge in [0.25, 0.3) is 0 Å². The lowest BCUT2D eigenvalue weighted by Crippen LogP contribution is -2.44. The fourth-order valence-electron chi connectivity index (χ4n) is 3.69. The van der Waals surface area contributed by atoms with Crippen molar-refractivity contribution in [3.05, 3.63) is 34.6 Å². The largest absolute Gasteiger partial charge is 0.340 e. The zero-order valence-corrected chi connectivity index (χ0v) is 12.9. The Morgan fingerprint density at radius 3 is 3.05 bits per heavy atom. The molecule has 2 fully saturated rings. The fraction of sp³-hybridized carbons (Fsp3) is 0.562. The zero-order valence-electron chi connectivity index (χ0n) is 12.1. The van der Waals surface area contributed by atoms with E-state index in [1.165, 1.54) is 18.9 Å². The van der Waals surface area contributed by atoms with E-state index in [1.807, 2.05) is 0 Å². The maximum absolute atomic E-state index is 13.8. The lowest BCUT2D eigenvalue weighted by atomic mass is 9.93. The molecular weight excluding hydrogens is 291 g/mol. The van der Waals surface area contributed by atoms with Gasteiger partial charge in [-0.05, 0) is 43.4 Å². The van der Waals surface area contributed by atoms with Gasteiger partial charge >= 0.3 is 0 Å². The minimum absolute atomic E-state index is 0.0451. The molecule has 1 aromatic carbocycles. The quantitative estimate of drug-likeness (QED) is 0.931. The number of likely N-dealkylation sites (N-methyl/N-ethyl adjacent to an activating group) is 1. The first-order chi connectivity index (χ1) is 10.1. The van der Waals surface area contributed by atoms with Crippen LogP contribution < -0.4 is 5.32 Å². The Bertz CT molecular complexity index is 531. The van der Waals surface area contributed by atoms with Crippen LogP contribution in [0.15, 0.2) is 18.2 Å². The van der Waals surface area contributed by atoms with Gasteiger partial charge in [-0.3, -0.25) is 4.79 Å². The van der Waals surface area contributed by atoms with Gasteiger partial charge in [0.05, 0.1) is 6.04 Å². The molecule has 21 heavy (non-hydrogen) atoms. The summed E-state index contributed by atoms with van der Waals surface area (Å²) in [6.07, 6.45) is 3.54. The van der Waals surface area contributed by atoms with Crippen LogP contribution in [0.4, 0.5) is 4.39 Å². The number of amides is 1. The van der Waals surface area contributed by atoms with Crippen LogP contribution in [-0.4, -0.2) is 30.4 Å².